The molecule has 1 aromatic carbocycles. The summed E-state index contributed by atoms with van der Waals surface area (Å²) < 4.78 is 5.23. The third-order valence-electron chi connectivity index (χ3n) is 8.19. The summed E-state index contributed by atoms with van der Waals surface area (Å²) in [6.45, 7) is 1.50. The molecule has 2 saturated carbocycles. The van der Waals surface area contributed by atoms with E-state index in [-0.39, 0.29) is 17.9 Å². The lowest BCUT2D eigenvalue weighted by Gasteiger charge is -2.39. The van der Waals surface area contributed by atoms with Crippen LogP contribution >= 0.6 is 0 Å². The van der Waals surface area contributed by atoms with Crippen molar-refractivity contribution in [3.8, 4) is 0 Å². The van der Waals surface area contributed by atoms with E-state index in [1.165, 1.54) is 51.4 Å². The molecule has 0 saturated heterocycles. The second-order valence-electron chi connectivity index (χ2n) is 10.8. The smallest absolute Gasteiger partial charge is 0.251 e. The summed E-state index contributed by atoms with van der Waals surface area (Å²) in [5, 5.41) is 18.6. The number of unbranched alkanes of at least 4 members (excludes halogenated alkanes) is 1. The molecule has 0 radical (unpaired) electrons. The highest BCUT2D eigenvalue weighted by Gasteiger charge is 2.38. The Kier molecular flexibility index (Phi) is 11.4. The number of benzene rings is 1. The molecule has 3 rings (SSSR count). The van der Waals surface area contributed by atoms with E-state index in [2.05, 4.69) is 10.6 Å². The first-order valence-corrected chi connectivity index (χ1v) is 13.8. The lowest BCUT2D eigenvalue weighted by atomic mass is 9.71. The molecule has 3 N–H and O–H groups in total. The summed E-state index contributed by atoms with van der Waals surface area (Å²) in [5.41, 5.74) is 0.687. The first-order chi connectivity index (χ1) is 16.6. The van der Waals surface area contributed by atoms with E-state index >= 15 is 0 Å². The summed E-state index contributed by atoms with van der Waals surface area (Å²) >= 11 is 0. The van der Waals surface area contributed by atoms with Crippen LogP contribution in [0.4, 0.5) is 0 Å². The number of ether oxygens (including phenoxy) is 1. The molecule has 5 heteroatoms. The van der Waals surface area contributed by atoms with Crippen LogP contribution in [-0.2, 0) is 10.3 Å². The highest BCUT2D eigenvalue weighted by molar-refractivity contribution is 5.94. The zero-order valence-corrected chi connectivity index (χ0v) is 21.6. The fourth-order valence-electron chi connectivity index (χ4n) is 6.27. The third kappa shape index (κ3) is 7.79. The van der Waals surface area contributed by atoms with Crippen LogP contribution in [0.1, 0.15) is 106 Å². The van der Waals surface area contributed by atoms with Gasteiger partial charge in [0, 0.05) is 31.9 Å². The van der Waals surface area contributed by atoms with Gasteiger partial charge >= 0.3 is 0 Å². The van der Waals surface area contributed by atoms with Gasteiger partial charge in [-0.2, -0.15) is 0 Å². The van der Waals surface area contributed by atoms with Gasteiger partial charge in [0.25, 0.3) is 5.91 Å². The maximum Gasteiger partial charge on any atom is 0.251 e. The van der Waals surface area contributed by atoms with Gasteiger partial charge in [0.15, 0.2) is 0 Å². The van der Waals surface area contributed by atoms with Gasteiger partial charge in [-0.05, 0) is 75.1 Å². The number of carbonyl (C=O) groups is 1. The molecule has 2 fully saturated rings. The maximum absolute atomic E-state index is 13.3. The van der Waals surface area contributed by atoms with Crippen molar-refractivity contribution in [1.82, 2.24) is 10.6 Å². The van der Waals surface area contributed by atoms with Gasteiger partial charge < -0.3 is 20.5 Å². The van der Waals surface area contributed by atoms with Crippen molar-refractivity contribution in [1.29, 1.82) is 0 Å². The van der Waals surface area contributed by atoms with E-state index in [1.54, 1.807) is 7.11 Å². The van der Waals surface area contributed by atoms with E-state index < -0.39 is 5.60 Å². The number of methoxy groups -OCH3 is 1. The fourth-order valence-corrected chi connectivity index (χ4v) is 6.27. The van der Waals surface area contributed by atoms with Crippen molar-refractivity contribution in [2.75, 3.05) is 27.3 Å². The highest BCUT2D eigenvalue weighted by Crippen LogP contribution is 2.43. The largest absolute Gasteiger partial charge is 0.385 e. The quantitative estimate of drug-likeness (QED) is 0.329. The minimum Gasteiger partial charge on any atom is -0.385 e. The van der Waals surface area contributed by atoms with Crippen molar-refractivity contribution in [3.63, 3.8) is 0 Å². The summed E-state index contributed by atoms with van der Waals surface area (Å²) in [4.78, 5) is 13.3. The molecule has 1 aromatic rings. The monoisotopic (exact) mass is 472 g/mol. The SMILES string of the molecule is CNCC(CC1CCCCC1)NC(=O)c1cccc(C(O)(CCCCOC)C2CCCCC2)c1. The Morgan fingerprint density at radius 3 is 2.47 bits per heavy atom. The standard InChI is InChI=1S/C29H48N2O3/c1-30-22-27(20-23-12-5-3-6-13-23)31-28(32)24-14-11-17-26(21-24)29(33,18-9-10-19-34-2)25-15-7-4-8-16-25/h11,14,17,21,23,25,27,30,33H,3-10,12-13,15-16,18-20,22H2,1-2H3,(H,31,32). The first kappa shape index (κ1) is 27.2. The van der Waals surface area contributed by atoms with Gasteiger partial charge in [-0.1, -0.05) is 63.5 Å². The Hall–Kier alpha value is -1.43. The molecule has 2 atom stereocenters. The number of rotatable bonds is 13. The van der Waals surface area contributed by atoms with Gasteiger partial charge in [-0.25, -0.2) is 0 Å². The topological polar surface area (TPSA) is 70.6 Å². The zero-order chi connectivity index (χ0) is 24.2. The van der Waals surface area contributed by atoms with Crippen LogP contribution in [0.2, 0.25) is 0 Å². The maximum atomic E-state index is 13.3. The highest BCUT2D eigenvalue weighted by atomic mass is 16.5. The molecule has 192 valence electrons. The Labute approximate surface area is 207 Å². The molecule has 2 aliphatic rings. The molecular formula is C29H48N2O3. The molecule has 1 amide bonds. The van der Waals surface area contributed by atoms with E-state index in [4.69, 9.17) is 4.74 Å². The average molecular weight is 473 g/mol. The minimum absolute atomic E-state index is 0.0247. The van der Waals surface area contributed by atoms with Crippen LogP contribution in [-0.4, -0.2) is 44.4 Å². The summed E-state index contributed by atoms with van der Waals surface area (Å²) in [7, 11) is 3.68. The predicted molar refractivity (Wildman–Crippen MR) is 139 cm³/mol. The Bertz CT molecular complexity index is 728. The third-order valence-corrected chi connectivity index (χ3v) is 8.19. The number of amides is 1. The van der Waals surface area contributed by atoms with Gasteiger partial charge in [0.1, 0.15) is 0 Å². The number of hydrogen-bond donors (Lipinski definition) is 3. The van der Waals surface area contributed by atoms with E-state index in [9.17, 15) is 9.90 Å². The van der Waals surface area contributed by atoms with Crippen LogP contribution in [0.5, 0.6) is 0 Å². The first-order valence-electron chi connectivity index (χ1n) is 13.8. The predicted octanol–water partition coefficient (Wildman–Crippen LogP) is 5.56. The Morgan fingerprint density at radius 1 is 1.09 bits per heavy atom. The number of carbonyl (C=O) groups excluding carboxylic acids is 1. The average Bonchev–Trinajstić information content (AvgIpc) is 2.88. The van der Waals surface area contributed by atoms with Crippen LogP contribution in [0.25, 0.3) is 0 Å². The molecule has 0 aliphatic heterocycles. The Morgan fingerprint density at radius 2 is 1.79 bits per heavy atom. The zero-order valence-electron chi connectivity index (χ0n) is 21.6. The molecule has 2 aliphatic carbocycles. The van der Waals surface area contributed by atoms with E-state index in [0.29, 0.717) is 11.5 Å². The normalized spacial score (nSPS) is 20.6. The summed E-state index contributed by atoms with van der Waals surface area (Å²) in [5.74, 6) is 0.941. The molecule has 0 spiro atoms. The second kappa shape index (κ2) is 14.2. The molecule has 2 unspecified atom stereocenters. The number of hydrogen-bond acceptors (Lipinski definition) is 4. The lowest BCUT2D eigenvalue weighted by molar-refractivity contribution is -0.0487. The van der Waals surface area contributed by atoms with Crippen LogP contribution in [0.3, 0.4) is 0 Å². The Balaban J connectivity index is 1.72. The molecule has 5 nitrogen and oxygen atoms in total. The van der Waals surface area contributed by atoms with Gasteiger partial charge in [-0.3, -0.25) is 4.79 Å². The molecular weight excluding hydrogens is 424 g/mol. The van der Waals surface area contributed by atoms with Crippen molar-refractivity contribution in [3.05, 3.63) is 35.4 Å². The molecule has 0 bridgehead atoms. The minimum atomic E-state index is -0.878. The second-order valence-corrected chi connectivity index (χ2v) is 10.8. The van der Waals surface area contributed by atoms with Crippen LogP contribution in [0.15, 0.2) is 24.3 Å². The van der Waals surface area contributed by atoms with Crippen molar-refractivity contribution in [2.45, 2.75) is 102 Å². The van der Waals surface area contributed by atoms with Crippen molar-refractivity contribution < 1.29 is 14.6 Å². The van der Waals surface area contributed by atoms with Crippen molar-refractivity contribution in [2.24, 2.45) is 11.8 Å². The number of aliphatic hydroxyl groups is 1. The van der Waals surface area contributed by atoms with Crippen LogP contribution in [0, 0.1) is 11.8 Å². The lowest BCUT2D eigenvalue weighted by Crippen LogP contribution is -2.43. The van der Waals surface area contributed by atoms with Gasteiger partial charge in [0.2, 0.25) is 0 Å². The van der Waals surface area contributed by atoms with Crippen LogP contribution < -0.4 is 10.6 Å². The molecule has 0 heterocycles. The number of nitrogens with one attached hydrogen (secondary N) is 2. The van der Waals surface area contributed by atoms with Gasteiger partial charge in [-0.15, -0.1) is 0 Å². The molecule has 34 heavy (non-hydrogen) atoms. The summed E-state index contributed by atoms with van der Waals surface area (Å²) in [6.07, 6.45) is 15.9. The van der Waals surface area contributed by atoms with Gasteiger partial charge in [0.05, 0.1) is 5.60 Å². The van der Waals surface area contributed by atoms with E-state index in [1.807, 2.05) is 31.3 Å². The van der Waals surface area contributed by atoms with E-state index in [0.717, 1.165) is 57.2 Å². The molecule has 0 aromatic heterocycles. The fraction of sp³-hybridized carbons (Fsp3) is 0.759. The summed E-state index contributed by atoms with van der Waals surface area (Å²) in [6, 6.07) is 7.95. The van der Waals surface area contributed by atoms with Crippen molar-refractivity contribution >= 4 is 5.91 Å². The number of likely N-dealkylation sites (N-methyl/N-ethyl adjacent to an activating group) is 1.